The summed E-state index contributed by atoms with van der Waals surface area (Å²) >= 11 is 4.45. The molecule has 3 aromatic rings. The lowest BCUT2D eigenvalue weighted by Crippen LogP contribution is -2.30. The first-order valence-electron chi connectivity index (χ1n) is 11.1. The predicted octanol–water partition coefficient (Wildman–Crippen LogP) is 7.01. The number of rotatable bonds is 7. The maximum atomic E-state index is 13.4. The van der Waals surface area contributed by atoms with Crippen LogP contribution in [0.5, 0.6) is 0 Å². The molecule has 6 nitrogen and oxygen atoms in total. The van der Waals surface area contributed by atoms with Crippen molar-refractivity contribution in [3.8, 4) is 6.07 Å². The summed E-state index contributed by atoms with van der Waals surface area (Å²) in [6, 6.07) is 16.5. The molecule has 0 spiro atoms. The van der Waals surface area contributed by atoms with Gasteiger partial charge in [0.2, 0.25) is 0 Å². The number of alkyl halides is 3. The van der Waals surface area contributed by atoms with Gasteiger partial charge in [-0.05, 0) is 49.4 Å². The number of halogens is 4. The average molecular weight is 602 g/mol. The molecule has 0 saturated carbocycles. The highest BCUT2D eigenvalue weighted by Gasteiger charge is 2.37. The van der Waals surface area contributed by atoms with Gasteiger partial charge in [-0.2, -0.15) is 18.4 Å². The molecule has 4 rings (SSSR count). The molecule has 1 atom stereocenters. The zero-order valence-electron chi connectivity index (χ0n) is 19.7. The fourth-order valence-corrected chi connectivity index (χ4v) is 5.15. The van der Waals surface area contributed by atoms with Gasteiger partial charge in [0.05, 0.1) is 45.7 Å². The van der Waals surface area contributed by atoms with Crippen LogP contribution in [0.1, 0.15) is 34.5 Å². The molecule has 0 bridgehead atoms. The number of hydrogen-bond acceptors (Lipinski definition) is 6. The summed E-state index contributed by atoms with van der Waals surface area (Å²) in [5.41, 5.74) is 0.175. The zero-order chi connectivity index (χ0) is 27.4. The number of dihydropyridines is 1. The number of anilines is 1. The van der Waals surface area contributed by atoms with Crippen LogP contribution in [-0.2, 0) is 11.0 Å². The Balaban J connectivity index is 1.63. The number of hydrogen-bond donors (Lipinski definition) is 2. The maximum Gasteiger partial charge on any atom is 0.416 e. The van der Waals surface area contributed by atoms with Crippen LogP contribution >= 0.6 is 27.7 Å². The Kier molecular flexibility index (Phi) is 8.14. The molecule has 0 aliphatic carbocycles. The molecule has 2 N–H and O–H groups in total. The zero-order valence-corrected chi connectivity index (χ0v) is 22.1. The van der Waals surface area contributed by atoms with Crippen LogP contribution in [0.4, 0.5) is 18.9 Å². The van der Waals surface area contributed by atoms with E-state index in [1.807, 2.05) is 0 Å². The van der Waals surface area contributed by atoms with Crippen molar-refractivity contribution in [3.05, 3.63) is 110 Å². The minimum atomic E-state index is -4.57. The van der Waals surface area contributed by atoms with Gasteiger partial charge in [-0.1, -0.05) is 45.9 Å². The first-order valence-corrected chi connectivity index (χ1v) is 12.9. The molecule has 1 amide bonds. The number of furan rings is 1. The second-order valence-corrected chi connectivity index (χ2v) is 10.1. The lowest BCUT2D eigenvalue weighted by molar-refractivity contribution is -0.137. The topological polar surface area (TPSA) is 95.1 Å². The van der Waals surface area contributed by atoms with Crippen LogP contribution in [0.3, 0.4) is 0 Å². The van der Waals surface area contributed by atoms with Crippen molar-refractivity contribution in [2.45, 2.75) is 19.0 Å². The van der Waals surface area contributed by atoms with Crippen LogP contribution in [0.15, 0.2) is 97.7 Å². The second-order valence-electron chi connectivity index (χ2n) is 8.22. The maximum absolute atomic E-state index is 13.4. The molecule has 38 heavy (non-hydrogen) atoms. The van der Waals surface area contributed by atoms with Gasteiger partial charge in [0, 0.05) is 21.4 Å². The lowest BCUT2D eigenvalue weighted by Gasteiger charge is -2.28. The third-order valence-electron chi connectivity index (χ3n) is 5.68. The fraction of sp³-hybridized carbons (Fsp3) is 0.148. The molecule has 2 heterocycles. The molecule has 11 heteroatoms. The number of amides is 1. The van der Waals surface area contributed by atoms with Crippen molar-refractivity contribution in [2.24, 2.45) is 0 Å². The summed E-state index contributed by atoms with van der Waals surface area (Å²) in [6.45, 7) is 1.61. The predicted molar refractivity (Wildman–Crippen MR) is 141 cm³/mol. The largest absolute Gasteiger partial charge is 0.468 e. The standard InChI is InChI=1S/C27H19BrF3N3O3S/c1-15-23(25(36)34-19-5-2-4-17(12-19)27(29,30)31)24(22-6-3-11-37-22)20(13-32)26(33-15)38-14-21(35)16-7-9-18(28)10-8-16/h2-12,24,33H,14H2,1H3,(H,34,36)/t24-/m0/s1. The Morgan fingerprint density at radius 2 is 1.89 bits per heavy atom. The van der Waals surface area contributed by atoms with Gasteiger partial charge >= 0.3 is 6.18 Å². The molecule has 0 radical (unpaired) electrons. The average Bonchev–Trinajstić information content (AvgIpc) is 3.41. The van der Waals surface area contributed by atoms with Gasteiger partial charge in [0.15, 0.2) is 5.78 Å². The number of ketones is 1. The molecule has 1 aliphatic rings. The normalized spacial score (nSPS) is 15.6. The summed E-state index contributed by atoms with van der Waals surface area (Å²) in [7, 11) is 0. The number of carbonyl (C=O) groups is 2. The van der Waals surface area contributed by atoms with Gasteiger partial charge < -0.3 is 15.1 Å². The van der Waals surface area contributed by atoms with E-state index < -0.39 is 23.6 Å². The van der Waals surface area contributed by atoms with E-state index >= 15 is 0 Å². The monoisotopic (exact) mass is 601 g/mol. The highest BCUT2D eigenvalue weighted by atomic mass is 79.9. The third-order valence-corrected chi connectivity index (χ3v) is 7.23. The van der Waals surface area contributed by atoms with Crippen LogP contribution < -0.4 is 10.6 Å². The van der Waals surface area contributed by atoms with Crippen molar-refractivity contribution in [2.75, 3.05) is 11.1 Å². The molecule has 194 valence electrons. The highest BCUT2D eigenvalue weighted by molar-refractivity contribution is 9.10. The Bertz CT molecular complexity index is 1470. The highest BCUT2D eigenvalue weighted by Crippen LogP contribution is 2.41. The van der Waals surface area contributed by atoms with E-state index in [1.165, 1.54) is 18.4 Å². The quantitative estimate of drug-likeness (QED) is 0.283. The van der Waals surface area contributed by atoms with E-state index in [1.54, 1.807) is 43.3 Å². The summed E-state index contributed by atoms with van der Waals surface area (Å²) in [6.07, 6.45) is -3.18. The smallest absolute Gasteiger partial charge is 0.416 e. The molecule has 2 aromatic carbocycles. The Morgan fingerprint density at radius 3 is 2.53 bits per heavy atom. The number of carbonyl (C=O) groups excluding carboxylic acids is 2. The van der Waals surface area contributed by atoms with Crippen LogP contribution in [-0.4, -0.2) is 17.4 Å². The van der Waals surface area contributed by atoms with Crippen molar-refractivity contribution in [1.82, 2.24) is 5.32 Å². The first-order chi connectivity index (χ1) is 18.1. The van der Waals surface area contributed by atoms with Gasteiger partial charge in [0.25, 0.3) is 5.91 Å². The summed E-state index contributed by atoms with van der Waals surface area (Å²) in [5, 5.41) is 16.0. The Labute approximate surface area is 228 Å². The summed E-state index contributed by atoms with van der Waals surface area (Å²) in [5.74, 6) is -1.46. The van der Waals surface area contributed by atoms with Gasteiger partial charge in [-0.3, -0.25) is 9.59 Å². The van der Waals surface area contributed by atoms with E-state index in [0.29, 0.717) is 22.0 Å². The third kappa shape index (κ3) is 6.03. The molecule has 0 unspecified atom stereocenters. The van der Waals surface area contributed by atoms with Gasteiger partial charge in [0.1, 0.15) is 5.76 Å². The van der Waals surface area contributed by atoms with E-state index in [-0.39, 0.29) is 28.4 Å². The fourth-order valence-electron chi connectivity index (χ4n) is 3.90. The summed E-state index contributed by atoms with van der Waals surface area (Å²) < 4.78 is 45.8. The minimum absolute atomic E-state index is 0.0268. The molecule has 1 aromatic heterocycles. The molecule has 0 fully saturated rings. The molecule has 0 saturated heterocycles. The van der Waals surface area contributed by atoms with E-state index in [9.17, 15) is 28.0 Å². The lowest BCUT2D eigenvalue weighted by atomic mass is 9.85. The molecular weight excluding hydrogens is 583 g/mol. The van der Waals surface area contributed by atoms with Crippen LogP contribution in [0.2, 0.25) is 0 Å². The van der Waals surface area contributed by atoms with Crippen LogP contribution in [0, 0.1) is 11.3 Å². The van der Waals surface area contributed by atoms with E-state index in [2.05, 4.69) is 32.6 Å². The second kappa shape index (κ2) is 11.3. The van der Waals surface area contributed by atoms with Crippen molar-refractivity contribution in [3.63, 3.8) is 0 Å². The number of nitrogens with zero attached hydrogens (tertiary/aromatic N) is 1. The Morgan fingerprint density at radius 1 is 1.16 bits per heavy atom. The number of nitriles is 1. The number of Topliss-reactive ketones (excluding diaryl/α,β-unsaturated/α-hetero) is 1. The van der Waals surface area contributed by atoms with E-state index in [0.717, 1.165) is 28.4 Å². The summed E-state index contributed by atoms with van der Waals surface area (Å²) in [4.78, 5) is 26.1. The number of allylic oxidation sites excluding steroid dienone is 2. The van der Waals surface area contributed by atoms with Gasteiger partial charge in [-0.25, -0.2) is 0 Å². The number of nitrogens with one attached hydrogen (secondary N) is 2. The molecule has 1 aliphatic heterocycles. The first kappa shape index (κ1) is 27.3. The molecular formula is C27H19BrF3N3O3S. The number of thioether (sulfide) groups is 1. The van der Waals surface area contributed by atoms with Crippen molar-refractivity contribution in [1.29, 1.82) is 5.26 Å². The van der Waals surface area contributed by atoms with Crippen molar-refractivity contribution < 1.29 is 27.2 Å². The number of benzene rings is 2. The van der Waals surface area contributed by atoms with Crippen molar-refractivity contribution >= 4 is 45.1 Å². The van der Waals surface area contributed by atoms with Gasteiger partial charge in [-0.15, -0.1) is 0 Å². The van der Waals surface area contributed by atoms with Crippen LogP contribution in [0.25, 0.3) is 0 Å². The minimum Gasteiger partial charge on any atom is -0.468 e. The SMILES string of the molecule is CC1=C(C(=O)Nc2cccc(C(F)(F)F)c2)[C@H](c2ccco2)C(C#N)=C(SCC(=O)c2ccc(Br)cc2)N1. The Hall–Kier alpha value is -3.75. The van der Waals surface area contributed by atoms with E-state index in [4.69, 9.17) is 4.42 Å².